The number of unbranched alkanes of at least 4 members (excludes halogenated alkanes) is 9. The third-order valence-electron chi connectivity index (χ3n) is 4.19. The second-order valence-corrected chi connectivity index (χ2v) is 8.61. The highest BCUT2D eigenvalue weighted by molar-refractivity contribution is 8.13. The van der Waals surface area contributed by atoms with E-state index in [2.05, 4.69) is 60.5 Å². The van der Waals surface area contributed by atoms with Crippen molar-refractivity contribution in [2.24, 2.45) is 9.98 Å². The molecule has 0 atom stereocenters. The van der Waals surface area contributed by atoms with Crippen LogP contribution < -0.4 is 0 Å². The maximum atomic E-state index is 4.64. The molecule has 0 aromatic heterocycles. The molecule has 0 aromatic rings. The fourth-order valence-electron chi connectivity index (χ4n) is 2.76. The first-order chi connectivity index (χ1) is 12.5. The van der Waals surface area contributed by atoms with Crippen molar-refractivity contribution in [3.05, 3.63) is 0 Å². The molecule has 0 unspecified atom stereocenters. The second kappa shape index (κ2) is 18.0. The summed E-state index contributed by atoms with van der Waals surface area (Å²) >= 11 is 3.46. The largest absolute Gasteiger partial charge is 0.358 e. The van der Waals surface area contributed by atoms with Gasteiger partial charge in [0.05, 0.1) is 0 Å². The molecule has 0 aliphatic heterocycles. The Kier molecular flexibility index (Phi) is 17.8. The van der Waals surface area contributed by atoms with Crippen LogP contribution in [-0.2, 0) is 0 Å². The van der Waals surface area contributed by atoms with Crippen LogP contribution in [0, 0.1) is 0 Å². The Labute approximate surface area is 171 Å². The topological polar surface area (TPSA) is 31.2 Å². The average Bonchev–Trinajstić information content (AvgIpc) is 2.61. The molecule has 0 heterocycles. The zero-order chi connectivity index (χ0) is 19.6. The molecule has 0 N–H and O–H groups in total. The molecule has 0 aliphatic carbocycles. The van der Waals surface area contributed by atoms with Gasteiger partial charge in [0.25, 0.3) is 0 Å². The first kappa shape index (κ1) is 25.6. The molecule has 26 heavy (non-hydrogen) atoms. The van der Waals surface area contributed by atoms with E-state index < -0.39 is 0 Å². The number of hydrogen-bond acceptors (Lipinski definition) is 4. The van der Waals surface area contributed by atoms with Gasteiger partial charge in [-0.1, -0.05) is 74.9 Å². The third-order valence-corrected chi connectivity index (χ3v) is 5.91. The Morgan fingerprint density at radius 1 is 0.538 bits per heavy atom. The van der Waals surface area contributed by atoms with Crippen LogP contribution in [0.3, 0.4) is 0 Å². The first-order valence-electron chi connectivity index (χ1n) is 10.0. The zero-order valence-electron chi connectivity index (χ0n) is 18.1. The van der Waals surface area contributed by atoms with Gasteiger partial charge in [0.15, 0.2) is 10.3 Å². The van der Waals surface area contributed by atoms with Crippen LogP contribution >= 0.6 is 23.5 Å². The van der Waals surface area contributed by atoms with Gasteiger partial charge in [-0.25, -0.2) is 0 Å². The summed E-state index contributed by atoms with van der Waals surface area (Å²) in [6.45, 7) is 1.95. The SMILES string of the molecule is CSC(=NCCCCCCCCCCCCN=C(SC)N(C)C)N(C)C. The molecule has 0 bridgehead atoms. The predicted molar refractivity (Wildman–Crippen MR) is 125 cm³/mol. The maximum absolute atomic E-state index is 4.64. The van der Waals surface area contributed by atoms with Crippen LogP contribution in [0.5, 0.6) is 0 Å². The van der Waals surface area contributed by atoms with Crippen LogP contribution in [0.25, 0.3) is 0 Å². The number of thioether (sulfide) groups is 2. The molecule has 0 aliphatic rings. The summed E-state index contributed by atoms with van der Waals surface area (Å²) in [7, 11) is 8.25. The molecule has 154 valence electrons. The lowest BCUT2D eigenvalue weighted by Gasteiger charge is -2.12. The van der Waals surface area contributed by atoms with Gasteiger partial charge in [-0.05, 0) is 25.4 Å². The number of aliphatic imine (C=N–C) groups is 2. The van der Waals surface area contributed by atoms with Gasteiger partial charge in [-0.2, -0.15) is 0 Å². The fourth-order valence-corrected chi connectivity index (χ4v) is 3.94. The van der Waals surface area contributed by atoms with Crippen LogP contribution in [0.2, 0.25) is 0 Å². The van der Waals surface area contributed by atoms with Crippen molar-refractivity contribution in [1.29, 1.82) is 0 Å². The van der Waals surface area contributed by atoms with Crippen molar-refractivity contribution in [3.8, 4) is 0 Å². The lowest BCUT2D eigenvalue weighted by atomic mass is 10.1. The molecular formula is C20H42N4S2. The summed E-state index contributed by atoms with van der Waals surface area (Å²) in [4.78, 5) is 13.5. The van der Waals surface area contributed by atoms with E-state index in [1.807, 2.05) is 0 Å². The molecule has 0 rings (SSSR count). The summed E-state index contributed by atoms with van der Waals surface area (Å²) in [5.74, 6) is 0. The van der Waals surface area contributed by atoms with E-state index in [0.29, 0.717) is 0 Å². The molecule has 6 heteroatoms. The Morgan fingerprint density at radius 2 is 0.808 bits per heavy atom. The lowest BCUT2D eigenvalue weighted by Crippen LogP contribution is -2.18. The van der Waals surface area contributed by atoms with Gasteiger partial charge < -0.3 is 9.80 Å². The average molecular weight is 403 g/mol. The Bertz CT molecular complexity index is 346. The van der Waals surface area contributed by atoms with Crippen LogP contribution in [0.4, 0.5) is 0 Å². The summed E-state index contributed by atoms with van der Waals surface area (Å²) in [5, 5.41) is 2.28. The minimum atomic E-state index is 0.975. The van der Waals surface area contributed by atoms with E-state index >= 15 is 0 Å². The maximum Gasteiger partial charge on any atom is 0.158 e. The van der Waals surface area contributed by atoms with Gasteiger partial charge in [0, 0.05) is 41.3 Å². The second-order valence-electron chi connectivity index (χ2n) is 7.06. The van der Waals surface area contributed by atoms with Crippen molar-refractivity contribution < 1.29 is 0 Å². The normalized spacial score (nSPS) is 12.5. The Hall–Kier alpha value is -0.360. The van der Waals surface area contributed by atoms with Crippen LogP contribution in [0.15, 0.2) is 9.98 Å². The van der Waals surface area contributed by atoms with Crippen molar-refractivity contribution in [2.75, 3.05) is 53.8 Å². The van der Waals surface area contributed by atoms with Crippen molar-refractivity contribution >= 4 is 33.9 Å². The quantitative estimate of drug-likeness (QED) is 0.233. The predicted octanol–water partition coefficient (Wildman–Crippen LogP) is 5.45. The van der Waals surface area contributed by atoms with Crippen LogP contribution in [0.1, 0.15) is 64.2 Å². The molecular weight excluding hydrogens is 360 g/mol. The van der Waals surface area contributed by atoms with Crippen LogP contribution in [-0.4, -0.2) is 73.9 Å². The molecule has 4 nitrogen and oxygen atoms in total. The number of rotatable bonds is 13. The first-order valence-corrected chi connectivity index (χ1v) is 12.5. The summed E-state index contributed by atoms with van der Waals surface area (Å²) in [6.07, 6.45) is 17.6. The molecule has 0 aromatic carbocycles. The number of hydrogen-bond donors (Lipinski definition) is 0. The molecule has 0 radical (unpaired) electrons. The Balaban J connectivity index is 3.39. The van der Waals surface area contributed by atoms with Crippen molar-refractivity contribution in [3.63, 3.8) is 0 Å². The summed E-state index contributed by atoms with van der Waals surface area (Å²) in [6, 6.07) is 0. The fraction of sp³-hybridized carbons (Fsp3) is 0.900. The van der Waals surface area contributed by atoms with Gasteiger partial charge in [-0.3, -0.25) is 9.98 Å². The smallest absolute Gasteiger partial charge is 0.158 e. The summed E-state index contributed by atoms with van der Waals surface area (Å²) < 4.78 is 0. The molecule has 0 saturated carbocycles. The molecule has 0 amide bonds. The highest BCUT2D eigenvalue weighted by atomic mass is 32.2. The monoisotopic (exact) mass is 402 g/mol. The van der Waals surface area contributed by atoms with Gasteiger partial charge in [0.2, 0.25) is 0 Å². The summed E-state index contributed by atoms with van der Waals surface area (Å²) in [5.41, 5.74) is 0. The minimum Gasteiger partial charge on any atom is -0.358 e. The van der Waals surface area contributed by atoms with Crippen molar-refractivity contribution in [2.45, 2.75) is 64.2 Å². The Morgan fingerprint density at radius 3 is 1.04 bits per heavy atom. The minimum absolute atomic E-state index is 0.975. The number of amidine groups is 2. The molecule has 0 fully saturated rings. The van der Waals surface area contributed by atoms with Gasteiger partial charge >= 0.3 is 0 Å². The van der Waals surface area contributed by atoms with Gasteiger partial charge in [-0.15, -0.1) is 0 Å². The highest BCUT2D eigenvalue weighted by Crippen LogP contribution is 2.11. The van der Waals surface area contributed by atoms with E-state index in [9.17, 15) is 0 Å². The zero-order valence-corrected chi connectivity index (χ0v) is 19.7. The van der Waals surface area contributed by atoms with E-state index in [-0.39, 0.29) is 0 Å². The molecule has 0 spiro atoms. The van der Waals surface area contributed by atoms with E-state index in [1.54, 1.807) is 23.5 Å². The lowest BCUT2D eigenvalue weighted by molar-refractivity contribution is 0.553. The standard InChI is InChI=1S/C20H42N4S2/c1-23(2)19(25-5)21-17-15-13-11-9-7-8-10-12-14-16-18-22-20(26-6)24(3)4/h7-18H2,1-6H3. The van der Waals surface area contributed by atoms with E-state index in [4.69, 9.17) is 0 Å². The van der Waals surface area contributed by atoms with Gasteiger partial charge in [0.1, 0.15) is 0 Å². The van der Waals surface area contributed by atoms with E-state index in [0.717, 1.165) is 23.4 Å². The number of nitrogens with zero attached hydrogens (tertiary/aromatic N) is 4. The van der Waals surface area contributed by atoms with E-state index in [1.165, 1.54) is 64.2 Å². The highest BCUT2D eigenvalue weighted by Gasteiger charge is 1.99. The van der Waals surface area contributed by atoms with Crippen molar-refractivity contribution in [1.82, 2.24) is 9.80 Å². The third kappa shape index (κ3) is 14.8. The molecule has 0 saturated heterocycles.